The second-order valence-corrected chi connectivity index (χ2v) is 8.63. The van der Waals surface area contributed by atoms with Crippen molar-refractivity contribution < 1.29 is 23.1 Å². The molecule has 0 aliphatic heterocycles. The van der Waals surface area contributed by atoms with Crippen LogP contribution in [-0.4, -0.2) is 48.8 Å². The molecule has 1 aromatic rings. The Hall–Kier alpha value is -1.93. The van der Waals surface area contributed by atoms with Gasteiger partial charge < -0.3 is 10.4 Å². The molecule has 1 atom stereocenters. The second kappa shape index (κ2) is 8.44. The first-order chi connectivity index (χ1) is 11.5. The number of carboxylic acid groups (broad SMARTS) is 1. The Morgan fingerprint density at radius 1 is 1.20 bits per heavy atom. The van der Waals surface area contributed by atoms with Crippen molar-refractivity contribution in [2.24, 2.45) is 5.92 Å². The van der Waals surface area contributed by atoms with Gasteiger partial charge in [0.25, 0.3) is 5.91 Å². The Kier molecular flexibility index (Phi) is 7.13. The summed E-state index contributed by atoms with van der Waals surface area (Å²) in [6.07, 6.45) is 0.287. The number of aliphatic carboxylic acids is 1. The van der Waals surface area contributed by atoms with Gasteiger partial charge in [0.1, 0.15) is 6.04 Å². The number of rotatable bonds is 8. The molecule has 8 heteroatoms. The topological polar surface area (TPSA) is 104 Å². The molecule has 0 unspecified atom stereocenters. The first kappa shape index (κ1) is 21.1. The number of carboxylic acids is 1. The lowest BCUT2D eigenvalue weighted by Gasteiger charge is -2.21. The smallest absolute Gasteiger partial charge is 0.326 e. The molecule has 0 saturated heterocycles. The van der Waals surface area contributed by atoms with Crippen LogP contribution in [0.4, 0.5) is 0 Å². The zero-order valence-electron chi connectivity index (χ0n) is 15.2. The SMILES string of the molecule is CC(C)C[C@@H](NC(=O)c1cccc(S(=O)(=O)N(C)C(C)C)c1)C(=O)O. The Morgan fingerprint density at radius 3 is 2.28 bits per heavy atom. The molecule has 2 N–H and O–H groups in total. The van der Waals surface area contributed by atoms with E-state index in [9.17, 15) is 23.1 Å². The molecule has 0 radical (unpaired) electrons. The number of nitrogens with one attached hydrogen (secondary N) is 1. The molecular weight excluding hydrogens is 344 g/mol. The Bertz CT molecular complexity index is 728. The third kappa shape index (κ3) is 5.54. The fourth-order valence-corrected chi connectivity index (χ4v) is 3.59. The number of benzene rings is 1. The molecule has 25 heavy (non-hydrogen) atoms. The van der Waals surface area contributed by atoms with Crippen LogP contribution in [0.25, 0.3) is 0 Å². The average molecular weight is 370 g/mol. The van der Waals surface area contributed by atoms with Crippen LogP contribution in [0.5, 0.6) is 0 Å². The van der Waals surface area contributed by atoms with Gasteiger partial charge in [0.2, 0.25) is 10.0 Å². The number of hydrogen-bond acceptors (Lipinski definition) is 4. The number of carbonyl (C=O) groups excluding carboxylic acids is 1. The lowest BCUT2D eigenvalue weighted by atomic mass is 10.0. The summed E-state index contributed by atoms with van der Waals surface area (Å²) >= 11 is 0. The third-order valence-electron chi connectivity index (χ3n) is 3.81. The van der Waals surface area contributed by atoms with Gasteiger partial charge in [0.05, 0.1) is 4.90 Å². The van der Waals surface area contributed by atoms with E-state index in [2.05, 4.69) is 5.32 Å². The largest absolute Gasteiger partial charge is 0.480 e. The van der Waals surface area contributed by atoms with Crippen LogP contribution < -0.4 is 5.32 Å². The molecule has 7 nitrogen and oxygen atoms in total. The second-order valence-electron chi connectivity index (χ2n) is 6.64. The van der Waals surface area contributed by atoms with E-state index in [1.807, 2.05) is 13.8 Å². The molecule has 0 fully saturated rings. The van der Waals surface area contributed by atoms with Gasteiger partial charge in [-0.1, -0.05) is 19.9 Å². The molecule has 0 bridgehead atoms. The van der Waals surface area contributed by atoms with Gasteiger partial charge in [-0.05, 0) is 44.4 Å². The highest BCUT2D eigenvalue weighted by Gasteiger charge is 2.25. The van der Waals surface area contributed by atoms with Crippen LogP contribution in [-0.2, 0) is 14.8 Å². The fourth-order valence-electron chi connectivity index (χ4n) is 2.18. The van der Waals surface area contributed by atoms with E-state index in [1.165, 1.54) is 35.6 Å². The molecule has 140 valence electrons. The van der Waals surface area contributed by atoms with Crippen molar-refractivity contribution in [2.45, 2.75) is 51.1 Å². The minimum absolute atomic E-state index is 0.00733. The molecule has 0 heterocycles. The highest BCUT2D eigenvalue weighted by molar-refractivity contribution is 7.89. The Labute approximate surface area is 149 Å². The quantitative estimate of drug-likeness (QED) is 0.728. The van der Waals surface area contributed by atoms with Crippen LogP contribution >= 0.6 is 0 Å². The molecule has 0 aliphatic carbocycles. The van der Waals surface area contributed by atoms with Gasteiger partial charge in [-0.2, -0.15) is 4.31 Å². The van der Waals surface area contributed by atoms with E-state index >= 15 is 0 Å². The van der Waals surface area contributed by atoms with E-state index in [4.69, 9.17) is 0 Å². The van der Waals surface area contributed by atoms with Crippen LogP contribution in [0, 0.1) is 5.92 Å². The maximum Gasteiger partial charge on any atom is 0.326 e. The summed E-state index contributed by atoms with van der Waals surface area (Å²) in [6, 6.07) is 4.34. The van der Waals surface area contributed by atoms with Crippen LogP contribution in [0.2, 0.25) is 0 Å². The lowest BCUT2D eigenvalue weighted by molar-refractivity contribution is -0.139. The molecule has 0 saturated carbocycles. The van der Waals surface area contributed by atoms with E-state index in [1.54, 1.807) is 13.8 Å². The number of nitrogens with zero attached hydrogens (tertiary/aromatic N) is 1. The van der Waals surface area contributed by atoms with Crippen molar-refractivity contribution in [1.29, 1.82) is 0 Å². The third-order valence-corrected chi connectivity index (χ3v) is 5.84. The number of carbonyl (C=O) groups is 2. The number of hydrogen-bond donors (Lipinski definition) is 2. The zero-order chi connectivity index (χ0) is 19.4. The van der Waals surface area contributed by atoms with Crippen LogP contribution in [0.15, 0.2) is 29.2 Å². The Morgan fingerprint density at radius 2 is 1.80 bits per heavy atom. The van der Waals surface area contributed by atoms with E-state index in [0.717, 1.165) is 0 Å². The summed E-state index contributed by atoms with van der Waals surface area (Å²) in [5.41, 5.74) is 0.105. The van der Waals surface area contributed by atoms with E-state index < -0.39 is 27.9 Å². The molecular formula is C17H26N2O5S. The normalized spacial score (nSPS) is 13.3. The minimum Gasteiger partial charge on any atom is -0.480 e. The first-order valence-corrected chi connectivity index (χ1v) is 9.52. The monoisotopic (exact) mass is 370 g/mol. The highest BCUT2D eigenvalue weighted by atomic mass is 32.2. The molecule has 0 aromatic heterocycles. The molecule has 0 aliphatic rings. The van der Waals surface area contributed by atoms with Gasteiger partial charge in [0.15, 0.2) is 0 Å². The summed E-state index contributed by atoms with van der Waals surface area (Å²) in [4.78, 5) is 23.6. The van der Waals surface area contributed by atoms with E-state index in [0.29, 0.717) is 0 Å². The summed E-state index contributed by atoms with van der Waals surface area (Å²) in [5, 5.41) is 11.7. The standard InChI is InChI=1S/C17H26N2O5S/c1-11(2)9-15(17(21)22)18-16(20)13-7-6-8-14(10-13)25(23,24)19(5)12(3)4/h6-8,10-12,15H,9H2,1-5H3,(H,18,20)(H,21,22)/t15-/m1/s1. The summed E-state index contributed by atoms with van der Waals surface area (Å²) in [7, 11) is -2.25. The van der Waals surface area contributed by atoms with Crippen molar-refractivity contribution in [3.8, 4) is 0 Å². The molecule has 1 amide bonds. The zero-order valence-corrected chi connectivity index (χ0v) is 16.0. The average Bonchev–Trinajstić information content (AvgIpc) is 2.52. The Balaban J connectivity index is 3.08. The molecule has 1 aromatic carbocycles. The minimum atomic E-state index is -3.72. The maximum atomic E-state index is 12.5. The van der Waals surface area contributed by atoms with E-state index in [-0.39, 0.29) is 28.8 Å². The summed E-state index contributed by atoms with van der Waals surface area (Å²) < 4.78 is 26.3. The van der Waals surface area contributed by atoms with Crippen molar-refractivity contribution in [3.63, 3.8) is 0 Å². The first-order valence-electron chi connectivity index (χ1n) is 8.08. The van der Waals surface area contributed by atoms with Crippen LogP contribution in [0.3, 0.4) is 0 Å². The predicted molar refractivity (Wildman–Crippen MR) is 94.9 cm³/mol. The maximum absolute atomic E-state index is 12.5. The predicted octanol–water partition coefficient (Wildman–Crippen LogP) is 1.94. The number of sulfonamides is 1. The fraction of sp³-hybridized carbons (Fsp3) is 0.529. The summed E-state index contributed by atoms with van der Waals surface area (Å²) in [5.74, 6) is -1.64. The lowest BCUT2D eigenvalue weighted by Crippen LogP contribution is -2.41. The highest BCUT2D eigenvalue weighted by Crippen LogP contribution is 2.18. The molecule has 1 rings (SSSR count). The van der Waals surface area contributed by atoms with Gasteiger partial charge in [-0.3, -0.25) is 4.79 Å². The van der Waals surface area contributed by atoms with Crippen molar-refractivity contribution >= 4 is 21.9 Å². The van der Waals surface area contributed by atoms with Crippen LogP contribution in [0.1, 0.15) is 44.5 Å². The van der Waals surface area contributed by atoms with Crippen molar-refractivity contribution in [2.75, 3.05) is 7.05 Å². The van der Waals surface area contributed by atoms with Gasteiger partial charge in [-0.25, -0.2) is 13.2 Å². The summed E-state index contributed by atoms with van der Waals surface area (Å²) in [6.45, 7) is 7.21. The van der Waals surface area contributed by atoms with Gasteiger partial charge in [0, 0.05) is 18.7 Å². The van der Waals surface area contributed by atoms with Crippen molar-refractivity contribution in [1.82, 2.24) is 9.62 Å². The van der Waals surface area contributed by atoms with Gasteiger partial charge >= 0.3 is 5.97 Å². The number of amides is 1. The van der Waals surface area contributed by atoms with Crippen molar-refractivity contribution in [3.05, 3.63) is 29.8 Å². The molecule has 0 spiro atoms. The van der Waals surface area contributed by atoms with Gasteiger partial charge in [-0.15, -0.1) is 0 Å².